The molecule has 1 aliphatic heterocycles. The second-order valence-corrected chi connectivity index (χ2v) is 6.68. The third-order valence-corrected chi connectivity index (χ3v) is 4.59. The molecule has 1 aromatic rings. The average molecular weight is 288 g/mol. The summed E-state index contributed by atoms with van der Waals surface area (Å²) in [5, 5.41) is 8.72. The number of likely N-dealkylation sites (tertiary alicyclic amines) is 1. The van der Waals surface area contributed by atoms with Crippen LogP contribution in [0.3, 0.4) is 0 Å². The van der Waals surface area contributed by atoms with Gasteiger partial charge in [0.1, 0.15) is 0 Å². The van der Waals surface area contributed by atoms with Crippen LogP contribution in [0.4, 0.5) is 0 Å². The molecule has 1 aliphatic rings. The molecule has 3 nitrogen and oxygen atoms in total. The molecule has 1 fully saturated rings. The van der Waals surface area contributed by atoms with Gasteiger partial charge >= 0.3 is 5.97 Å². The van der Waals surface area contributed by atoms with E-state index < -0.39 is 5.97 Å². The first-order valence-corrected chi connectivity index (χ1v) is 7.51. The summed E-state index contributed by atoms with van der Waals surface area (Å²) in [6.07, 6.45) is 3.43. The van der Waals surface area contributed by atoms with Crippen LogP contribution in [0.5, 0.6) is 0 Å². The van der Waals surface area contributed by atoms with E-state index in [1.807, 2.05) is 6.07 Å². The molecule has 18 heavy (non-hydrogen) atoms. The lowest BCUT2D eigenvalue weighted by atomic mass is 9.93. The van der Waals surface area contributed by atoms with Gasteiger partial charge in [-0.15, -0.1) is 11.3 Å². The van der Waals surface area contributed by atoms with Crippen molar-refractivity contribution in [2.75, 3.05) is 13.1 Å². The Kier molecular flexibility index (Phi) is 5.03. The van der Waals surface area contributed by atoms with Crippen molar-refractivity contribution in [1.82, 2.24) is 4.90 Å². The second-order valence-electron chi connectivity index (χ2n) is 4.88. The number of carboxylic acids is 1. The first-order chi connectivity index (χ1) is 8.63. The van der Waals surface area contributed by atoms with Crippen molar-refractivity contribution in [3.05, 3.63) is 21.3 Å². The van der Waals surface area contributed by atoms with Crippen LogP contribution >= 0.6 is 22.9 Å². The fourth-order valence-electron chi connectivity index (χ4n) is 2.52. The van der Waals surface area contributed by atoms with Gasteiger partial charge in [0.25, 0.3) is 0 Å². The molecule has 0 amide bonds. The quantitative estimate of drug-likeness (QED) is 0.901. The molecule has 2 heterocycles. The summed E-state index contributed by atoms with van der Waals surface area (Å²) in [6, 6.07) is 4.02. The zero-order valence-corrected chi connectivity index (χ0v) is 11.8. The lowest BCUT2D eigenvalue weighted by Crippen LogP contribution is -2.34. The van der Waals surface area contributed by atoms with Gasteiger partial charge < -0.3 is 5.11 Å². The topological polar surface area (TPSA) is 40.5 Å². The van der Waals surface area contributed by atoms with Gasteiger partial charge in [-0.05, 0) is 43.9 Å². The van der Waals surface area contributed by atoms with E-state index in [9.17, 15) is 4.79 Å². The standard InChI is InChI=1S/C13H18ClNO2S/c14-12-5-4-11(18-12)9-15-7-1-2-10(8-15)3-6-13(16)17/h4-5,10H,1-3,6-9H2,(H,16,17). The van der Waals surface area contributed by atoms with Gasteiger partial charge in [0.15, 0.2) is 0 Å². The highest BCUT2D eigenvalue weighted by molar-refractivity contribution is 7.16. The number of rotatable bonds is 5. The molecule has 0 aliphatic carbocycles. The van der Waals surface area contributed by atoms with Crippen molar-refractivity contribution in [2.45, 2.75) is 32.2 Å². The number of carboxylic acid groups (broad SMARTS) is 1. The monoisotopic (exact) mass is 287 g/mol. The van der Waals surface area contributed by atoms with Gasteiger partial charge in [-0.1, -0.05) is 11.6 Å². The zero-order chi connectivity index (χ0) is 13.0. The third-order valence-electron chi connectivity index (χ3n) is 3.38. The van der Waals surface area contributed by atoms with Gasteiger partial charge in [-0.2, -0.15) is 0 Å². The number of hydrogen-bond acceptors (Lipinski definition) is 3. The van der Waals surface area contributed by atoms with Crippen LogP contribution in [0.2, 0.25) is 4.34 Å². The minimum Gasteiger partial charge on any atom is -0.481 e. The molecule has 1 saturated heterocycles. The molecule has 1 aromatic heterocycles. The molecule has 0 radical (unpaired) electrons. The fraction of sp³-hybridized carbons (Fsp3) is 0.615. The number of hydrogen-bond donors (Lipinski definition) is 1. The van der Waals surface area contributed by atoms with E-state index in [1.165, 1.54) is 11.3 Å². The summed E-state index contributed by atoms with van der Waals surface area (Å²) in [4.78, 5) is 14.3. The molecule has 1 atom stereocenters. The van der Waals surface area contributed by atoms with Gasteiger partial charge in [-0.3, -0.25) is 9.69 Å². The smallest absolute Gasteiger partial charge is 0.303 e. The SMILES string of the molecule is O=C(O)CCC1CCCN(Cc2ccc(Cl)s2)C1. The Labute approximate surface area is 116 Å². The number of piperidine rings is 1. The summed E-state index contributed by atoms with van der Waals surface area (Å²) in [5.41, 5.74) is 0. The highest BCUT2D eigenvalue weighted by Crippen LogP contribution is 2.26. The molecule has 0 saturated carbocycles. The lowest BCUT2D eigenvalue weighted by Gasteiger charge is -2.32. The number of aliphatic carboxylic acids is 1. The molecule has 5 heteroatoms. The van der Waals surface area contributed by atoms with Crippen molar-refractivity contribution in [2.24, 2.45) is 5.92 Å². The Morgan fingerprint density at radius 2 is 2.39 bits per heavy atom. The highest BCUT2D eigenvalue weighted by Gasteiger charge is 2.20. The van der Waals surface area contributed by atoms with Crippen molar-refractivity contribution >= 4 is 28.9 Å². The maximum atomic E-state index is 10.6. The van der Waals surface area contributed by atoms with Crippen LogP contribution in [-0.2, 0) is 11.3 Å². The molecule has 0 spiro atoms. The minimum atomic E-state index is -0.683. The summed E-state index contributed by atoms with van der Waals surface area (Å²) in [7, 11) is 0. The van der Waals surface area contributed by atoms with Crippen molar-refractivity contribution in [3.63, 3.8) is 0 Å². The van der Waals surface area contributed by atoms with Crippen molar-refractivity contribution in [3.8, 4) is 0 Å². The lowest BCUT2D eigenvalue weighted by molar-refractivity contribution is -0.137. The molecule has 2 rings (SSSR count). The molecule has 1 unspecified atom stereocenters. The first kappa shape index (κ1) is 13.8. The maximum absolute atomic E-state index is 10.6. The van der Waals surface area contributed by atoms with E-state index in [1.54, 1.807) is 11.3 Å². The van der Waals surface area contributed by atoms with E-state index in [0.717, 1.165) is 36.8 Å². The number of carbonyl (C=O) groups is 1. The van der Waals surface area contributed by atoms with Gasteiger partial charge in [0.2, 0.25) is 0 Å². The Bertz CT molecular complexity index is 407. The molecule has 0 bridgehead atoms. The zero-order valence-electron chi connectivity index (χ0n) is 10.3. The van der Waals surface area contributed by atoms with Crippen molar-refractivity contribution < 1.29 is 9.90 Å². The Morgan fingerprint density at radius 3 is 3.06 bits per heavy atom. The first-order valence-electron chi connectivity index (χ1n) is 6.32. The summed E-state index contributed by atoms with van der Waals surface area (Å²) in [6.45, 7) is 3.07. The van der Waals surface area contributed by atoms with Crippen LogP contribution in [0.15, 0.2) is 12.1 Å². The van der Waals surface area contributed by atoms with Crippen molar-refractivity contribution in [1.29, 1.82) is 0 Å². The van der Waals surface area contributed by atoms with Gasteiger partial charge in [0.05, 0.1) is 4.34 Å². The largest absolute Gasteiger partial charge is 0.481 e. The molecular weight excluding hydrogens is 270 g/mol. The van der Waals surface area contributed by atoms with E-state index in [4.69, 9.17) is 16.7 Å². The predicted molar refractivity (Wildman–Crippen MR) is 74.2 cm³/mol. The summed E-state index contributed by atoms with van der Waals surface area (Å²) < 4.78 is 0.837. The van der Waals surface area contributed by atoms with Crippen LogP contribution in [0.25, 0.3) is 0 Å². The van der Waals surface area contributed by atoms with Gasteiger partial charge in [-0.25, -0.2) is 0 Å². The van der Waals surface area contributed by atoms with Crippen LogP contribution < -0.4 is 0 Å². The molecular formula is C13H18ClNO2S. The third kappa shape index (κ3) is 4.26. The van der Waals surface area contributed by atoms with Crippen LogP contribution in [0.1, 0.15) is 30.6 Å². The Morgan fingerprint density at radius 1 is 1.56 bits per heavy atom. The van der Waals surface area contributed by atoms with E-state index in [2.05, 4.69) is 11.0 Å². The van der Waals surface area contributed by atoms with Gasteiger partial charge in [0, 0.05) is 24.4 Å². The maximum Gasteiger partial charge on any atom is 0.303 e. The second kappa shape index (κ2) is 6.55. The summed E-state index contributed by atoms with van der Waals surface area (Å²) >= 11 is 7.56. The molecule has 0 aromatic carbocycles. The molecule has 1 N–H and O–H groups in total. The number of nitrogens with zero attached hydrogens (tertiary/aromatic N) is 1. The number of thiophene rings is 1. The molecule has 100 valence electrons. The normalized spacial score (nSPS) is 21.1. The van der Waals surface area contributed by atoms with Crippen LogP contribution in [0, 0.1) is 5.92 Å². The average Bonchev–Trinajstić information content (AvgIpc) is 2.73. The highest BCUT2D eigenvalue weighted by atomic mass is 35.5. The van der Waals surface area contributed by atoms with Crippen LogP contribution in [-0.4, -0.2) is 29.1 Å². The Hall–Kier alpha value is -0.580. The van der Waals surface area contributed by atoms with E-state index in [0.29, 0.717) is 12.3 Å². The Balaban J connectivity index is 1.81. The number of halogens is 1. The van der Waals surface area contributed by atoms with E-state index >= 15 is 0 Å². The fourth-order valence-corrected chi connectivity index (χ4v) is 3.65. The predicted octanol–water partition coefficient (Wildman–Crippen LogP) is 3.48. The summed E-state index contributed by atoms with van der Waals surface area (Å²) in [5.74, 6) is -0.151. The minimum absolute atomic E-state index is 0.295. The van der Waals surface area contributed by atoms with E-state index in [-0.39, 0.29) is 0 Å².